The van der Waals surface area contributed by atoms with Crippen molar-refractivity contribution in [3.8, 4) is 23.3 Å². The highest BCUT2D eigenvalue weighted by molar-refractivity contribution is 5.43. The van der Waals surface area contributed by atoms with Crippen LogP contribution in [0.2, 0.25) is 0 Å². The van der Waals surface area contributed by atoms with Gasteiger partial charge < -0.3 is 15.2 Å². The molecule has 2 rings (SSSR count). The standard InChI is InChI=1S/C18H19NO2/c1-14-12-15(4-3-11-19)7-10-18(14)21-13-16-5-8-17(20-2)9-6-16/h5-10,12H,11,13,19H2,1-2H3. The third-order valence-electron chi connectivity index (χ3n) is 3.06. The average molecular weight is 281 g/mol. The quantitative estimate of drug-likeness (QED) is 0.876. The lowest BCUT2D eigenvalue weighted by molar-refractivity contribution is 0.304. The molecule has 0 spiro atoms. The van der Waals surface area contributed by atoms with Gasteiger partial charge in [0.05, 0.1) is 13.7 Å². The summed E-state index contributed by atoms with van der Waals surface area (Å²) in [7, 11) is 1.66. The van der Waals surface area contributed by atoms with Crippen molar-refractivity contribution in [1.29, 1.82) is 0 Å². The lowest BCUT2D eigenvalue weighted by atomic mass is 10.1. The Morgan fingerprint density at radius 2 is 1.86 bits per heavy atom. The van der Waals surface area contributed by atoms with Gasteiger partial charge in [0, 0.05) is 5.56 Å². The van der Waals surface area contributed by atoms with Gasteiger partial charge in [0.25, 0.3) is 0 Å². The number of ether oxygens (including phenoxy) is 2. The van der Waals surface area contributed by atoms with Crippen LogP contribution in [0.1, 0.15) is 16.7 Å². The van der Waals surface area contributed by atoms with E-state index in [1.54, 1.807) is 7.11 Å². The van der Waals surface area contributed by atoms with E-state index in [-0.39, 0.29) is 0 Å². The maximum absolute atomic E-state index is 5.84. The molecule has 0 aliphatic carbocycles. The van der Waals surface area contributed by atoms with Crippen molar-refractivity contribution >= 4 is 0 Å². The minimum atomic E-state index is 0.370. The van der Waals surface area contributed by atoms with Crippen LogP contribution in [0.4, 0.5) is 0 Å². The summed E-state index contributed by atoms with van der Waals surface area (Å²) in [5.74, 6) is 7.57. The van der Waals surface area contributed by atoms with Crippen molar-refractivity contribution in [3.63, 3.8) is 0 Å². The summed E-state index contributed by atoms with van der Waals surface area (Å²) >= 11 is 0. The highest BCUT2D eigenvalue weighted by atomic mass is 16.5. The molecule has 0 unspecified atom stereocenters. The van der Waals surface area contributed by atoms with Crippen LogP contribution in [-0.4, -0.2) is 13.7 Å². The second kappa shape index (κ2) is 7.37. The van der Waals surface area contributed by atoms with Crippen LogP contribution in [0.5, 0.6) is 11.5 Å². The van der Waals surface area contributed by atoms with Crippen molar-refractivity contribution in [2.24, 2.45) is 5.73 Å². The van der Waals surface area contributed by atoms with E-state index in [0.717, 1.165) is 28.2 Å². The number of hydrogen-bond acceptors (Lipinski definition) is 3. The molecule has 0 aliphatic rings. The predicted octanol–water partition coefficient (Wildman–Crippen LogP) is 2.89. The lowest BCUT2D eigenvalue weighted by Gasteiger charge is -2.10. The van der Waals surface area contributed by atoms with Gasteiger partial charge in [0.1, 0.15) is 18.1 Å². The maximum atomic E-state index is 5.84. The van der Waals surface area contributed by atoms with E-state index in [0.29, 0.717) is 13.2 Å². The molecular weight excluding hydrogens is 262 g/mol. The van der Waals surface area contributed by atoms with Gasteiger partial charge in [-0.2, -0.15) is 0 Å². The minimum absolute atomic E-state index is 0.370. The maximum Gasteiger partial charge on any atom is 0.122 e. The van der Waals surface area contributed by atoms with Gasteiger partial charge in [-0.15, -0.1) is 0 Å². The first kappa shape index (κ1) is 15.0. The molecule has 3 nitrogen and oxygen atoms in total. The normalized spacial score (nSPS) is 9.67. The molecule has 0 aromatic heterocycles. The summed E-state index contributed by atoms with van der Waals surface area (Å²) in [5.41, 5.74) is 8.48. The van der Waals surface area contributed by atoms with Crippen molar-refractivity contribution in [2.75, 3.05) is 13.7 Å². The van der Waals surface area contributed by atoms with E-state index < -0.39 is 0 Å². The molecule has 0 atom stereocenters. The second-order valence-corrected chi connectivity index (χ2v) is 4.62. The van der Waals surface area contributed by atoms with Gasteiger partial charge >= 0.3 is 0 Å². The second-order valence-electron chi connectivity index (χ2n) is 4.62. The SMILES string of the molecule is COc1ccc(COc2ccc(C#CCN)cc2C)cc1. The Morgan fingerprint density at radius 1 is 1.10 bits per heavy atom. The van der Waals surface area contributed by atoms with Crippen molar-refractivity contribution < 1.29 is 9.47 Å². The van der Waals surface area contributed by atoms with E-state index in [2.05, 4.69) is 11.8 Å². The minimum Gasteiger partial charge on any atom is -0.497 e. The Morgan fingerprint density at radius 3 is 2.48 bits per heavy atom. The third kappa shape index (κ3) is 4.27. The zero-order valence-corrected chi connectivity index (χ0v) is 12.3. The molecule has 2 aromatic carbocycles. The summed E-state index contributed by atoms with van der Waals surface area (Å²) in [6.45, 7) is 2.91. The van der Waals surface area contributed by atoms with Gasteiger partial charge in [-0.1, -0.05) is 24.0 Å². The molecule has 0 amide bonds. The fraction of sp³-hybridized carbons (Fsp3) is 0.222. The Kier molecular flexibility index (Phi) is 5.25. The summed E-state index contributed by atoms with van der Waals surface area (Å²) in [6.07, 6.45) is 0. The van der Waals surface area contributed by atoms with Crippen molar-refractivity contribution in [1.82, 2.24) is 0 Å². The summed E-state index contributed by atoms with van der Waals surface area (Å²) < 4.78 is 11.0. The fourth-order valence-corrected chi connectivity index (χ4v) is 1.93. The van der Waals surface area contributed by atoms with Crippen LogP contribution < -0.4 is 15.2 Å². The molecule has 0 saturated carbocycles. The third-order valence-corrected chi connectivity index (χ3v) is 3.06. The van der Waals surface area contributed by atoms with E-state index in [4.69, 9.17) is 15.2 Å². The number of aryl methyl sites for hydroxylation is 1. The molecule has 21 heavy (non-hydrogen) atoms. The van der Waals surface area contributed by atoms with Crippen LogP contribution >= 0.6 is 0 Å². The fourth-order valence-electron chi connectivity index (χ4n) is 1.93. The molecule has 2 N–H and O–H groups in total. The molecule has 0 fully saturated rings. The first-order valence-electron chi connectivity index (χ1n) is 6.78. The molecule has 2 aromatic rings. The van der Waals surface area contributed by atoms with Crippen LogP contribution in [-0.2, 0) is 6.61 Å². The van der Waals surface area contributed by atoms with E-state index in [1.165, 1.54) is 0 Å². The Labute approximate surface area is 125 Å². The van der Waals surface area contributed by atoms with Crippen LogP contribution in [0.3, 0.4) is 0 Å². The van der Waals surface area contributed by atoms with E-state index in [1.807, 2.05) is 49.4 Å². The molecule has 0 heterocycles. The lowest BCUT2D eigenvalue weighted by Crippen LogP contribution is -1.97. The highest BCUT2D eigenvalue weighted by Crippen LogP contribution is 2.20. The topological polar surface area (TPSA) is 44.5 Å². The zero-order valence-electron chi connectivity index (χ0n) is 12.3. The first-order valence-corrected chi connectivity index (χ1v) is 6.78. The number of rotatable bonds is 4. The molecular formula is C18H19NO2. The molecule has 0 aliphatic heterocycles. The highest BCUT2D eigenvalue weighted by Gasteiger charge is 2.01. The molecule has 0 radical (unpaired) electrons. The zero-order chi connectivity index (χ0) is 15.1. The van der Waals surface area contributed by atoms with E-state index in [9.17, 15) is 0 Å². The summed E-state index contributed by atoms with van der Waals surface area (Å²) in [6, 6.07) is 13.7. The molecule has 0 saturated heterocycles. The molecule has 108 valence electrons. The molecule has 0 bridgehead atoms. The van der Waals surface area contributed by atoms with Crippen LogP contribution in [0.15, 0.2) is 42.5 Å². The van der Waals surface area contributed by atoms with Crippen LogP contribution in [0.25, 0.3) is 0 Å². The number of hydrogen-bond donors (Lipinski definition) is 1. The number of methoxy groups -OCH3 is 1. The van der Waals surface area contributed by atoms with Crippen molar-refractivity contribution in [3.05, 3.63) is 59.2 Å². The largest absolute Gasteiger partial charge is 0.497 e. The van der Waals surface area contributed by atoms with Gasteiger partial charge in [-0.05, 0) is 48.4 Å². The van der Waals surface area contributed by atoms with Gasteiger partial charge in [0.15, 0.2) is 0 Å². The smallest absolute Gasteiger partial charge is 0.122 e. The Bertz CT molecular complexity index is 651. The summed E-state index contributed by atoms with van der Waals surface area (Å²) in [5, 5.41) is 0. The van der Waals surface area contributed by atoms with Crippen molar-refractivity contribution in [2.45, 2.75) is 13.5 Å². The first-order chi connectivity index (χ1) is 10.2. The predicted molar refractivity (Wildman–Crippen MR) is 84.4 cm³/mol. The number of benzene rings is 2. The number of nitrogens with two attached hydrogens (primary N) is 1. The monoisotopic (exact) mass is 281 g/mol. The molecule has 3 heteroatoms. The van der Waals surface area contributed by atoms with Gasteiger partial charge in [-0.3, -0.25) is 0 Å². The summed E-state index contributed by atoms with van der Waals surface area (Å²) in [4.78, 5) is 0. The Balaban J connectivity index is 2.02. The van der Waals surface area contributed by atoms with Gasteiger partial charge in [-0.25, -0.2) is 0 Å². The average Bonchev–Trinajstić information content (AvgIpc) is 2.52. The van der Waals surface area contributed by atoms with E-state index >= 15 is 0 Å². The Hall–Kier alpha value is -2.44. The van der Waals surface area contributed by atoms with Gasteiger partial charge in [0.2, 0.25) is 0 Å². The van der Waals surface area contributed by atoms with Crippen LogP contribution in [0, 0.1) is 18.8 Å².